The molecular formula is C6H9N5. The molecule has 0 atom stereocenters. The molecule has 0 saturated carbocycles. The van der Waals surface area contributed by atoms with Crippen LogP contribution in [0.2, 0.25) is 0 Å². The molecule has 0 saturated heterocycles. The van der Waals surface area contributed by atoms with Crippen molar-refractivity contribution >= 4 is 12.0 Å². The first kappa shape index (κ1) is 7.49. The Morgan fingerprint density at radius 3 is 3.09 bits per heavy atom. The van der Waals surface area contributed by atoms with Crippen molar-refractivity contribution in [2.24, 2.45) is 16.8 Å². The molecule has 1 heterocycles. The number of rotatable bonds is 2. The summed E-state index contributed by atoms with van der Waals surface area (Å²) in [6, 6.07) is 3.51. The van der Waals surface area contributed by atoms with Crippen LogP contribution in [0, 0.1) is 0 Å². The van der Waals surface area contributed by atoms with E-state index < -0.39 is 0 Å². The lowest BCUT2D eigenvalue weighted by molar-refractivity contribution is 1.22. The molecule has 0 aromatic carbocycles. The van der Waals surface area contributed by atoms with Crippen molar-refractivity contribution in [3.63, 3.8) is 0 Å². The van der Waals surface area contributed by atoms with Crippen molar-refractivity contribution in [3.05, 3.63) is 23.9 Å². The molecule has 1 rings (SSSR count). The third-order valence-corrected chi connectivity index (χ3v) is 1.16. The molecule has 0 radical (unpaired) electrons. The highest BCUT2D eigenvalue weighted by molar-refractivity contribution is 5.80. The molecule has 5 heteroatoms. The van der Waals surface area contributed by atoms with Crippen LogP contribution in [0.15, 0.2) is 23.4 Å². The van der Waals surface area contributed by atoms with Gasteiger partial charge in [0.1, 0.15) is 5.82 Å². The van der Waals surface area contributed by atoms with Gasteiger partial charge in [-0.1, -0.05) is 0 Å². The van der Waals surface area contributed by atoms with E-state index in [1.807, 2.05) is 0 Å². The molecule has 0 unspecified atom stereocenters. The summed E-state index contributed by atoms with van der Waals surface area (Å²) in [5.74, 6) is 10.7. The Bertz CT molecular complexity index is 257. The number of anilines is 1. The number of hydrazine groups is 1. The topological polar surface area (TPSA) is 89.3 Å². The van der Waals surface area contributed by atoms with Crippen molar-refractivity contribution in [1.29, 1.82) is 0 Å². The maximum atomic E-state index is 5.13. The SMILES string of the molecule is N/N=C\c1ccnc(NN)c1. The van der Waals surface area contributed by atoms with Crippen LogP contribution in [-0.2, 0) is 0 Å². The average Bonchev–Trinajstić information content (AvgIpc) is 2.06. The van der Waals surface area contributed by atoms with Gasteiger partial charge in [-0.05, 0) is 17.7 Å². The molecule has 5 N–H and O–H groups in total. The zero-order chi connectivity index (χ0) is 8.10. The standard InChI is InChI=1S/C6H9N5/c7-10-4-5-1-2-9-6(3-5)11-8/h1-4H,7-8H2,(H,9,11)/b10-4-. The number of nitrogens with one attached hydrogen (secondary N) is 1. The first-order valence-corrected chi connectivity index (χ1v) is 3.02. The predicted octanol–water partition coefficient (Wildman–Crippen LogP) is -0.340. The second-order valence-electron chi connectivity index (χ2n) is 1.90. The molecule has 5 nitrogen and oxygen atoms in total. The van der Waals surface area contributed by atoms with Gasteiger partial charge in [-0.3, -0.25) is 0 Å². The zero-order valence-corrected chi connectivity index (χ0v) is 5.86. The maximum absolute atomic E-state index is 5.13. The van der Waals surface area contributed by atoms with Crippen molar-refractivity contribution < 1.29 is 0 Å². The van der Waals surface area contributed by atoms with E-state index in [4.69, 9.17) is 11.7 Å². The molecule has 1 aromatic rings. The van der Waals surface area contributed by atoms with E-state index in [1.165, 1.54) is 6.21 Å². The molecule has 11 heavy (non-hydrogen) atoms. The van der Waals surface area contributed by atoms with E-state index in [9.17, 15) is 0 Å². The van der Waals surface area contributed by atoms with Crippen LogP contribution in [0.5, 0.6) is 0 Å². The number of hydrogen-bond acceptors (Lipinski definition) is 5. The summed E-state index contributed by atoms with van der Waals surface area (Å²) in [6.07, 6.45) is 3.13. The van der Waals surface area contributed by atoms with Gasteiger partial charge in [0, 0.05) is 6.20 Å². The summed E-state index contributed by atoms with van der Waals surface area (Å²) in [6.45, 7) is 0. The summed E-state index contributed by atoms with van der Waals surface area (Å²) < 4.78 is 0. The van der Waals surface area contributed by atoms with Gasteiger partial charge >= 0.3 is 0 Å². The molecule has 0 bridgehead atoms. The minimum atomic E-state index is 0.586. The van der Waals surface area contributed by atoms with E-state index >= 15 is 0 Å². The fourth-order valence-electron chi connectivity index (χ4n) is 0.692. The van der Waals surface area contributed by atoms with Gasteiger partial charge in [0.15, 0.2) is 0 Å². The average molecular weight is 151 g/mol. The lowest BCUT2D eigenvalue weighted by atomic mass is 10.3. The minimum absolute atomic E-state index is 0.586. The fraction of sp³-hybridized carbons (Fsp3) is 0. The Kier molecular flexibility index (Phi) is 2.40. The lowest BCUT2D eigenvalue weighted by Crippen LogP contribution is -2.08. The third-order valence-electron chi connectivity index (χ3n) is 1.16. The summed E-state index contributed by atoms with van der Waals surface area (Å²) in [4.78, 5) is 3.90. The second kappa shape index (κ2) is 3.52. The normalized spacial score (nSPS) is 10.3. The zero-order valence-electron chi connectivity index (χ0n) is 5.86. The number of pyridine rings is 1. The van der Waals surface area contributed by atoms with Crippen molar-refractivity contribution in [1.82, 2.24) is 4.98 Å². The van der Waals surface area contributed by atoms with E-state index in [-0.39, 0.29) is 0 Å². The summed E-state index contributed by atoms with van der Waals surface area (Å²) in [5, 5.41) is 3.36. The molecule has 0 spiro atoms. The van der Waals surface area contributed by atoms with Crippen LogP contribution in [-0.4, -0.2) is 11.2 Å². The highest BCUT2D eigenvalue weighted by Gasteiger charge is 1.90. The Morgan fingerprint density at radius 2 is 2.45 bits per heavy atom. The minimum Gasteiger partial charge on any atom is -0.323 e. The number of aromatic nitrogens is 1. The fourth-order valence-corrected chi connectivity index (χ4v) is 0.692. The van der Waals surface area contributed by atoms with E-state index in [2.05, 4.69) is 15.5 Å². The largest absolute Gasteiger partial charge is 0.323 e. The smallest absolute Gasteiger partial charge is 0.140 e. The van der Waals surface area contributed by atoms with Gasteiger partial charge in [0.25, 0.3) is 0 Å². The van der Waals surface area contributed by atoms with E-state index in [0.717, 1.165) is 5.56 Å². The summed E-state index contributed by atoms with van der Waals surface area (Å²) >= 11 is 0. The van der Waals surface area contributed by atoms with Crippen LogP contribution < -0.4 is 17.1 Å². The van der Waals surface area contributed by atoms with Gasteiger partial charge < -0.3 is 11.3 Å². The highest BCUT2D eigenvalue weighted by atomic mass is 15.2. The van der Waals surface area contributed by atoms with Gasteiger partial charge in [-0.15, -0.1) is 0 Å². The molecular weight excluding hydrogens is 142 g/mol. The third kappa shape index (κ3) is 1.91. The molecule has 0 aliphatic heterocycles. The Morgan fingerprint density at radius 1 is 1.64 bits per heavy atom. The molecule has 0 aliphatic rings. The van der Waals surface area contributed by atoms with Gasteiger partial charge in [-0.2, -0.15) is 5.10 Å². The van der Waals surface area contributed by atoms with E-state index in [1.54, 1.807) is 18.3 Å². The van der Waals surface area contributed by atoms with Crippen molar-refractivity contribution in [2.45, 2.75) is 0 Å². The Balaban J connectivity index is 2.91. The summed E-state index contributed by atoms with van der Waals surface area (Å²) in [5.41, 5.74) is 3.27. The Hall–Kier alpha value is -1.62. The lowest BCUT2D eigenvalue weighted by Gasteiger charge is -1.97. The summed E-state index contributed by atoms with van der Waals surface area (Å²) in [7, 11) is 0. The maximum Gasteiger partial charge on any atom is 0.140 e. The molecule has 0 amide bonds. The van der Waals surface area contributed by atoms with Crippen LogP contribution in [0.1, 0.15) is 5.56 Å². The number of nitrogens with two attached hydrogens (primary N) is 2. The highest BCUT2D eigenvalue weighted by Crippen LogP contribution is 2.01. The molecule has 1 aromatic heterocycles. The molecule has 58 valence electrons. The van der Waals surface area contributed by atoms with Crippen LogP contribution in [0.25, 0.3) is 0 Å². The first-order valence-electron chi connectivity index (χ1n) is 3.02. The van der Waals surface area contributed by atoms with Crippen LogP contribution >= 0.6 is 0 Å². The van der Waals surface area contributed by atoms with E-state index in [0.29, 0.717) is 5.82 Å². The van der Waals surface area contributed by atoms with Crippen LogP contribution in [0.3, 0.4) is 0 Å². The quantitative estimate of drug-likeness (QED) is 0.306. The predicted molar refractivity (Wildman–Crippen MR) is 43.8 cm³/mol. The van der Waals surface area contributed by atoms with Gasteiger partial charge in [0.2, 0.25) is 0 Å². The Labute approximate surface area is 64.1 Å². The number of hydrogen-bond donors (Lipinski definition) is 3. The number of nitrogen functional groups attached to an aromatic ring is 1. The van der Waals surface area contributed by atoms with Crippen molar-refractivity contribution in [2.75, 3.05) is 5.43 Å². The van der Waals surface area contributed by atoms with Gasteiger partial charge in [0.05, 0.1) is 6.21 Å². The molecule has 0 fully saturated rings. The van der Waals surface area contributed by atoms with Crippen molar-refractivity contribution in [3.8, 4) is 0 Å². The molecule has 0 aliphatic carbocycles. The number of hydrazone groups is 1. The monoisotopic (exact) mass is 151 g/mol. The second-order valence-corrected chi connectivity index (χ2v) is 1.90. The number of nitrogens with zero attached hydrogens (tertiary/aromatic N) is 2. The first-order chi connectivity index (χ1) is 5.36. The van der Waals surface area contributed by atoms with Crippen LogP contribution in [0.4, 0.5) is 5.82 Å². The van der Waals surface area contributed by atoms with Gasteiger partial charge in [-0.25, -0.2) is 10.8 Å².